The molecule has 122 valence electrons. The van der Waals surface area contributed by atoms with Crippen LogP contribution >= 0.6 is 0 Å². The van der Waals surface area contributed by atoms with Crippen LogP contribution in [0.5, 0.6) is 17.2 Å². The number of esters is 1. The molecule has 1 aromatic carbocycles. The minimum absolute atomic E-state index is 0.347. The fourth-order valence-corrected chi connectivity index (χ4v) is 2.39. The van der Waals surface area contributed by atoms with E-state index in [0.717, 1.165) is 7.11 Å². The smallest absolute Gasteiger partial charge is 0.347 e. The molecule has 3 aromatic rings. The van der Waals surface area contributed by atoms with Crippen LogP contribution in [0.3, 0.4) is 0 Å². The molecular weight excluding hydrogens is 312 g/mol. The average Bonchev–Trinajstić information content (AvgIpc) is 2.60. The van der Waals surface area contributed by atoms with Gasteiger partial charge in [-0.05, 0) is 24.3 Å². The van der Waals surface area contributed by atoms with E-state index in [2.05, 4.69) is 9.72 Å². The number of aromatic nitrogens is 2. The number of rotatable bonds is 3. The average molecular weight is 326 g/mol. The van der Waals surface area contributed by atoms with Gasteiger partial charge in [0, 0.05) is 30.9 Å². The number of carbonyl (C=O) groups excluding carboxylic acids is 1. The Bertz CT molecular complexity index is 980. The van der Waals surface area contributed by atoms with Gasteiger partial charge in [0.15, 0.2) is 5.56 Å². The molecule has 3 rings (SSSR count). The van der Waals surface area contributed by atoms with Crippen LogP contribution in [0.2, 0.25) is 0 Å². The quantitative estimate of drug-likeness (QED) is 0.742. The zero-order valence-electron chi connectivity index (χ0n) is 13.0. The first-order chi connectivity index (χ1) is 11.5. The van der Waals surface area contributed by atoms with Gasteiger partial charge in [-0.1, -0.05) is 0 Å². The third-order valence-corrected chi connectivity index (χ3v) is 3.62. The predicted molar refractivity (Wildman–Crippen MR) is 86.5 cm³/mol. The molecule has 0 aliphatic carbocycles. The van der Waals surface area contributed by atoms with Gasteiger partial charge in [-0.15, -0.1) is 0 Å². The van der Waals surface area contributed by atoms with Crippen LogP contribution in [0.4, 0.5) is 0 Å². The molecule has 1 N–H and O–H groups in total. The summed E-state index contributed by atoms with van der Waals surface area (Å²) >= 11 is 0. The molecule has 0 atom stereocenters. The number of methoxy groups -OCH3 is 1. The Labute approximate surface area is 136 Å². The Hall–Kier alpha value is -3.35. The number of pyridine rings is 2. The largest absolute Gasteiger partial charge is 0.506 e. The number of benzene rings is 1. The third kappa shape index (κ3) is 2.56. The molecule has 0 aliphatic rings. The van der Waals surface area contributed by atoms with Gasteiger partial charge in [-0.2, -0.15) is 0 Å². The first-order valence-corrected chi connectivity index (χ1v) is 7.05. The van der Waals surface area contributed by atoms with Crippen molar-refractivity contribution in [2.24, 2.45) is 7.05 Å². The van der Waals surface area contributed by atoms with Crippen molar-refractivity contribution in [2.45, 2.75) is 0 Å². The fourth-order valence-electron chi connectivity index (χ4n) is 2.39. The summed E-state index contributed by atoms with van der Waals surface area (Å²) in [4.78, 5) is 28.0. The molecule has 0 aliphatic heterocycles. The van der Waals surface area contributed by atoms with Crippen LogP contribution in [0.25, 0.3) is 10.9 Å². The van der Waals surface area contributed by atoms with Gasteiger partial charge in [0.25, 0.3) is 5.56 Å². The fraction of sp³-hybridized carbons (Fsp3) is 0.118. The number of nitrogens with zero attached hydrogens (tertiary/aromatic N) is 2. The van der Waals surface area contributed by atoms with Crippen molar-refractivity contribution >= 4 is 16.9 Å². The van der Waals surface area contributed by atoms with Crippen molar-refractivity contribution in [2.75, 3.05) is 7.11 Å². The highest BCUT2D eigenvalue weighted by atomic mass is 16.5. The summed E-state index contributed by atoms with van der Waals surface area (Å²) in [6, 6.07) is 8.21. The standard InChI is InChI=1S/C17H14N2O5/c1-19-13-9-11(24-10-5-7-18-8-6-10)3-4-12(13)15(20)14(16(19)21)17(22)23-2/h3-9,20H,1-2H3. The molecule has 0 spiro atoms. The lowest BCUT2D eigenvalue weighted by molar-refractivity contribution is 0.0595. The van der Waals surface area contributed by atoms with E-state index in [4.69, 9.17) is 4.74 Å². The Morgan fingerprint density at radius 2 is 1.88 bits per heavy atom. The van der Waals surface area contributed by atoms with E-state index in [-0.39, 0.29) is 0 Å². The van der Waals surface area contributed by atoms with E-state index in [0.29, 0.717) is 22.4 Å². The summed E-state index contributed by atoms with van der Waals surface area (Å²) in [6.07, 6.45) is 3.20. The van der Waals surface area contributed by atoms with E-state index in [1.165, 1.54) is 11.6 Å². The Balaban J connectivity index is 2.16. The van der Waals surface area contributed by atoms with Crippen molar-refractivity contribution < 1.29 is 19.4 Å². The van der Waals surface area contributed by atoms with Gasteiger partial charge in [0.2, 0.25) is 0 Å². The van der Waals surface area contributed by atoms with Crippen molar-refractivity contribution in [3.8, 4) is 17.2 Å². The van der Waals surface area contributed by atoms with E-state index >= 15 is 0 Å². The van der Waals surface area contributed by atoms with Crippen LogP contribution in [0.1, 0.15) is 10.4 Å². The van der Waals surface area contributed by atoms with E-state index < -0.39 is 22.8 Å². The van der Waals surface area contributed by atoms with Gasteiger partial charge >= 0.3 is 5.97 Å². The molecule has 0 fully saturated rings. The molecule has 24 heavy (non-hydrogen) atoms. The molecule has 0 amide bonds. The summed E-state index contributed by atoms with van der Waals surface area (Å²) in [7, 11) is 2.66. The number of carbonyl (C=O) groups is 1. The Morgan fingerprint density at radius 3 is 2.54 bits per heavy atom. The third-order valence-electron chi connectivity index (χ3n) is 3.62. The highest BCUT2D eigenvalue weighted by Crippen LogP contribution is 2.30. The maximum Gasteiger partial charge on any atom is 0.347 e. The predicted octanol–water partition coefficient (Wildman–Crippen LogP) is 2.22. The molecular formula is C17H14N2O5. The van der Waals surface area contributed by atoms with Gasteiger partial charge < -0.3 is 19.1 Å². The highest BCUT2D eigenvalue weighted by Gasteiger charge is 2.21. The van der Waals surface area contributed by atoms with Crippen LogP contribution < -0.4 is 10.3 Å². The van der Waals surface area contributed by atoms with Crippen LogP contribution in [0, 0.1) is 0 Å². The Kier molecular flexibility index (Phi) is 3.91. The molecule has 0 saturated heterocycles. The van der Waals surface area contributed by atoms with E-state index in [9.17, 15) is 14.7 Å². The summed E-state index contributed by atoms with van der Waals surface area (Å²) in [6.45, 7) is 0. The number of aromatic hydroxyl groups is 1. The van der Waals surface area contributed by atoms with Gasteiger partial charge in [-0.3, -0.25) is 9.78 Å². The topological polar surface area (TPSA) is 90.7 Å². The molecule has 2 aromatic heterocycles. The minimum Gasteiger partial charge on any atom is -0.506 e. The van der Waals surface area contributed by atoms with Crippen molar-refractivity contribution in [1.29, 1.82) is 0 Å². The van der Waals surface area contributed by atoms with Crippen molar-refractivity contribution in [3.63, 3.8) is 0 Å². The zero-order valence-corrected chi connectivity index (χ0v) is 13.0. The highest BCUT2D eigenvalue weighted by molar-refractivity contribution is 5.99. The van der Waals surface area contributed by atoms with Crippen LogP contribution in [-0.2, 0) is 11.8 Å². The maximum atomic E-state index is 12.3. The van der Waals surface area contributed by atoms with Crippen LogP contribution in [-0.4, -0.2) is 27.7 Å². The van der Waals surface area contributed by atoms with Crippen LogP contribution in [0.15, 0.2) is 47.5 Å². The lowest BCUT2D eigenvalue weighted by atomic mass is 10.1. The lowest BCUT2D eigenvalue weighted by Gasteiger charge is -2.12. The molecule has 7 heteroatoms. The van der Waals surface area contributed by atoms with Gasteiger partial charge in [-0.25, -0.2) is 4.79 Å². The summed E-state index contributed by atoms with van der Waals surface area (Å²) in [5, 5.41) is 10.6. The van der Waals surface area contributed by atoms with Gasteiger partial charge in [0.05, 0.1) is 12.6 Å². The van der Waals surface area contributed by atoms with E-state index in [1.807, 2.05) is 0 Å². The van der Waals surface area contributed by atoms with Crippen molar-refractivity contribution in [1.82, 2.24) is 9.55 Å². The lowest BCUT2D eigenvalue weighted by Crippen LogP contribution is -2.25. The number of aryl methyl sites for hydroxylation is 1. The van der Waals surface area contributed by atoms with E-state index in [1.54, 1.807) is 42.7 Å². The number of hydrogen-bond acceptors (Lipinski definition) is 6. The molecule has 2 heterocycles. The summed E-state index contributed by atoms with van der Waals surface area (Å²) < 4.78 is 11.5. The number of fused-ring (bicyclic) bond motifs is 1. The molecule has 7 nitrogen and oxygen atoms in total. The molecule has 0 saturated carbocycles. The SMILES string of the molecule is COC(=O)c1c(O)c2ccc(Oc3ccncc3)cc2n(C)c1=O. The maximum absolute atomic E-state index is 12.3. The van der Waals surface area contributed by atoms with Crippen molar-refractivity contribution in [3.05, 3.63) is 58.6 Å². The monoisotopic (exact) mass is 326 g/mol. The normalized spacial score (nSPS) is 10.6. The number of hydrogen-bond donors (Lipinski definition) is 1. The molecule has 0 unspecified atom stereocenters. The van der Waals surface area contributed by atoms with Gasteiger partial charge in [0.1, 0.15) is 17.2 Å². The Morgan fingerprint density at radius 1 is 1.17 bits per heavy atom. The summed E-state index contributed by atoms with van der Waals surface area (Å²) in [5.74, 6) is -0.221. The minimum atomic E-state index is -0.882. The molecule has 0 radical (unpaired) electrons. The zero-order chi connectivity index (χ0) is 17.3. The first-order valence-electron chi connectivity index (χ1n) is 7.05. The first kappa shape index (κ1) is 15.5. The second kappa shape index (κ2) is 6.04. The summed E-state index contributed by atoms with van der Waals surface area (Å²) in [5.41, 5.74) is -0.611. The second-order valence-corrected chi connectivity index (χ2v) is 5.04. The number of ether oxygens (including phenoxy) is 2. The molecule has 0 bridgehead atoms. The second-order valence-electron chi connectivity index (χ2n) is 5.04.